The third-order valence-corrected chi connectivity index (χ3v) is 4.48. The molecule has 0 spiro atoms. The van der Waals surface area contributed by atoms with Crippen LogP contribution in [0.3, 0.4) is 0 Å². The highest BCUT2D eigenvalue weighted by atomic mass is 32.1. The standard InChI is InChI=1S/C13H22N2S/c1-9-6-7-16-13(9)12(10(2)14)15(3)8-11-4-5-11/h6-7,10-12H,4-5,8,14H2,1-3H3. The quantitative estimate of drug-likeness (QED) is 0.854. The topological polar surface area (TPSA) is 29.3 Å². The Kier molecular flexibility index (Phi) is 3.67. The fourth-order valence-corrected chi connectivity index (χ4v) is 3.56. The van der Waals surface area contributed by atoms with Crippen LogP contribution in [0.25, 0.3) is 0 Å². The first kappa shape index (κ1) is 12.1. The maximum Gasteiger partial charge on any atom is 0.0591 e. The molecule has 0 aliphatic heterocycles. The van der Waals surface area contributed by atoms with Crippen molar-refractivity contribution >= 4 is 11.3 Å². The molecule has 1 saturated carbocycles. The number of aryl methyl sites for hydroxylation is 1. The van der Waals surface area contributed by atoms with Crippen LogP contribution in [0.1, 0.15) is 36.2 Å². The fourth-order valence-electron chi connectivity index (χ4n) is 2.35. The fraction of sp³-hybridized carbons (Fsp3) is 0.692. The molecule has 2 atom stereocenters. The molecule has 3 heteroatoms. The molecule has 0 aromatic carbocycles. The Labute approximate surface area is 102 Å². The van der Waals surface area contributed by atoms with Crippen LogP contribution in [0.4, 0.5) is 0 Å². The van der Waals surface area contributed by atoms with Gasteiger partial charge in [0.25, 0.3) is 0 Å². The third kappa shape index (κ3) is 2.65. The summed E-state index contributed by atoms with van der Waals surface area (Å²) in [5.41, 5.74) is 7.54. The number of thiophene rings is 1. The molecule has 1 aromatic heterocycles. The van der Waals surface area contributed by atoms with Gasteiger partial charge in [-0.05, 0) is 56.7 Å². The minimum Gasteiger partial charge on any atom is -0.326 e. The van der Waals surface area contributed by atoms with Crippen LogP contribution in [-0.4, -0.2) is 24.5 Å². The van der Waals surface area contributed by atoms with Gasteiger partial charge in [0.15, 0.2) is 0 Å². The molecule has 2 unspecified atom stereocenters. The van der Waals surface area contributed by atoms with Gasteiger partial charge in [-0.2, -0.15) is 0 Å². The Morgan fingerprint density at radius 1 is 1.56 bits per heavy atom. The SMILES string of the molecule is Cc1ccsc1C(C(C)N)N(C)CC1CC1. The normalized spacial score (nSPS) is 20.1. The molecule has 0 bridgehead atoms. The summed E-state index contributed by atoms with van der Waals surface area (Å²) < 4.78 is 0. The number of nitrogens with two attached hydrogens (primary N) is 1. The van der Waals surface area contributed by atoms with Crippen molar-refractivity contribution < 1.29 is 0 Å². The van der Waals surface area contributed by atoms with Gasteiger partial charge < -0.3 is 5.73 Å². The lowest BCUT2D eigenvalue weighted by atomic mass is 10.0. The maximum atomic E-state index is 6.16. The Hall–Kier alpha value is -0.380. The minimum absolute atomic E-state index is 0.195. The molecule has 1 fully saturated rings. The van der Waals surface area contributed by atoms with E-state index in [1.54, 1.807) is 0 Å². The van der Waals surface area contributed by atoms with Gasteiger partial charge in [-0.15, -0.1) is 11.3 Å². The molecule has 16 heavy (non-hydrogen) atoms. The monoisotopic (exact) mass is 238 g/mol. The first-order valence-corrected chi connectivity index (χ1v) is 6.97. The van der Waals surface area contributed by atoms with Gasteiger partial charge in [-0.25, -0.2) is 0 Å². The van der Waals surface area contributed by atoms with Crippen molar-refractivity contribution in [3.05, 3.63) is 21.9 Å². The summed E-state index contributed by atoms with van der Waals surface area (Å²) in [7, 11) is 2.21. The van der Waals surface area contributed by atoms with E-state index in [4.69, 9.17) is 5.73 Å². The summed E-state index contributed by atoms with van der Waals surface area (Å²) in [5.74, 6) is 0.923. The highest BCUT2D eigenvalue weighted by molar-refractivity contribution is 7.10. The Bertz CT molecular complexity index is 341. The number of nitrogens with zero attached hydrogens (tertiary/aromatic N) is 1. The average Bonchev–Trinajstić information content (AvgIpc) is 2.91. The summed E-state index contributed by atoms with van der Waals surface area (Å²) >= 11 is 1.84. The summed E-state index contributed by atoms with van der Waals surface area (Å²) in [4.78, 5) is 3.89. The van der Waals surface area contributed by atoms with Gasteiger partial charge in [-0.3, -0.25) is 4.90 Å². The zero-order valence-electron chi connectivity index (χ0n) is 10.4. The highest BCUT2D eigenvalue weighted by Crippen LogP contribution is 2.35. The molecule has 90 valence electrons. The van der Waals surface area contributed by atoms with Crippen molar-refractivity contribution in [1.29, 1.82) is 0 Å². The maximum absolute atomic E-state index is 6.16. The number of hydrogen-bond acceptors (Lipinski definition) is 3. The van der Waals surface area contributed by atoms with E-state index in [0.29, 0.717) is 6.04 Å². The molecular formula is C13H22N2S. The van der Waals surface area contributed by atoms with E-state index >= 15 is 0 Å². The first-order valence-electron chi connectivity index (χ1n) is 6.09. The molecule has 2 nitrogen and oxygen atoms in total. The van der Waals surface area contributed by atoms with Crippen LogP contribution >= 0.6 is 11.3 Å². The summed E-state index contributed by atoms with van der Waals surface area (Å²) in [6, 6.07) is 2.78. The molecule has 1 heterocycles. The second-order valence-electron chi connectivity index (χ2n) is 5.15. The lowest BCUT2D eigenvalue weighted by Crippen LogP contribution is -2.38. The molecule has 2 N–H and O–H groups in total. The molecule has 2 rings (SSSR count). The smallest absolute Gasteiger partial charge is 0.0591 e. The van der Waals surface area contributed by atoms with Crippen molar-refractivity contribution in [3.63, 3.8) is 0 Å². The molecule has 1 aliphatic carbocycles. The molecular weight excluding hydrogens is 216 g/mol. The predicted octanol–water partition coefficient (Wildman–Crippen LogP) is 2.79. The van der Waals surface area contributed by atoms with E-state index < -0.39 is 0 Å². The van der Waals surface area contributed by atoms with E-state index in [2.05, 4.69) is 37.2 Å². The van der Waals surface area contributed by atoms with Crippen LogP contribution in [0.5, 0.6) is 0 Å². The Balaban J connectivity index is 2.12. The van der Waals surface area contributed by atoms with Crippen LogP contribution in [0.2, 0.25) is 0 Å². The van der Waals surface area contributed by atoms with Crippen LogP contribution < -0.4 is 5.73 Å². The van der Waals surface area contributed by atoms with Crippen LogP contribution in [0, 0.1) is 12.8 Å². The number of hydrogen-bond donors (Lipinski definition) is 1. The van der Waals surface area contributed by atoms with E-state index in [0.717, 1.165) is 5.92 Å². The van der Waals surface area contributed by atoms with Crippen molar-refractivity contribution in [3.8, 4) is 0 Å². The second-order valence-corrected chi connectivity index (χ2v) is 6.10. The third-order valence-electron chi connectivity index (χ3n) is 3.39. The van der Waals surface area contributed by atoms with Crippen molar-refractivity contribution in [2.75, 3.05) is 13.6 Å². The molecule has 1 aromatic rings. The largest absolute Gasteiger partial charge is 0.326 e. The Morgan fingerprint density at radius 3 is 2.69 bits per heavy atom. The van der Waals surface area contributed by atoms with Gasteiger partial charge in [0.05, 0.1) is 6.04 Å². The van der Waals surface area contributed by atoms with Crippen molar-refractivity contribution in [2.24, 2.45) is 11.7 Å². The number of likely N-dealkylation sites (N-methyl/N-ethyl adjacent to an activating group) is 1. The van der Waals surface area contributed by atoms with Crippen molar-refractivity contribution in [2.45, 2.75) is 38.8 Å². The summed E-state index contributed by atoms with van der Waals surface area (Å²) in [6.07, 6.45) is 2.80. The predicted molar refractivity (Wildman–Crippen MR) is 70.8 cm³/mol. The zero-order chi connectivity index (χ0) is 11.7. The van der Waals surface area contributed by atoms with E-state index in [1.165, 1.54) is 29.8 Å². The molecule has 0 saturated heterocycles. The zero-order valence-corrected chi connectivity index (χ0v) is 11.3. The summed E-state index contributed by atoms with van der Waals surface area (Å²) in [5, 5.41) is 2.17. The van der Waals surface area contributed by atoms with Gasteiger partial charge >= 0.3 is 0 Å². The molecule has 0 amide bonds. The van der Waals surface area contributed by atoms with Gasteiger partial charge in [-0.1, -0.05) is 0 Å². The highest BCUT2D eigenvalue weighted by Gasteiger charge is 2.29. The Morgan fingerprint density at radius 2 is 2.25 bits per heavy atom. The molecule has 1 aliphatic rings. The lowest BCUT2D eigenvalue weighted by molar-refractivity contribution is 0.213. The van der Waals surface area contributed by atoms with Gasteiger partial charge in [0, 0.05) is 17.5 Å². The van der Waals surface area contributed by atoms with Gasteiger partial charge in [0.2, 0.25) is 0 Å². The average molecular weight is 238 g/mol. The first-order chi connectivity index (χ1) is 7.59. The number of rotatable bonds is 5. The van der Waals surface area contributed by atoms with Crippen LogP contribution in [0.15, 0.2) is 11.4 Å². The minimum atomic E-state index is 0.195. The van der Waals surface area contributed by atoms with E-state index in [9.17, 15) is 0 Å². The van der Waals surface area contributed by atoms with E-state index in [1.807, 2.05) is 11.3 Å². The molecule has 0 radical (unpaired) electrons. The summed E-state index contributed by atoms with van der Waals surface area (Å²) in [6.45, 7) is 5.50. The lowest BCUT2D eigenvalue weighted by Gasteiger charge is -2.31. The van der Waals surface area contributed by atoms with Crippen molar-refractivity contribution in [1.82, 2.24) is 4.90 Å². The van der Waals surface area contributed by atoms with Crippen LogP contribution in [-0.2, 0) is 0 Å². The van der Waals surface area contributed by atoms with E-state index in [-0.39, 0.29) is 6.04 Å². The second kappa shape index (κ2) is 4.86. The van der Waals surface area contributed by atoms with Gasteiger partial charge in [0.1, 0.15) is 0 Å².